The summed E-state index contributed by atoms with van der Waals surface area (Å²) in [7, 11) is 0. The van der Waals surface area contributed by atoms with E-state index in [9.17, 15) is 9.59 Å². The standard InChI is InChI=1S/C19H24N2O4/c1-3-14(2)15-7-4-5-8-16(15)25-13-18(22)20-10-11-21-19(23)17-9-6-12-24-17/h4-9,12,14H,3,10-11,13H2,1-2H3,(H,20,22)(H,21,23). The van der Waals surface area contributed by atoms with E-state index in [2.05, 4.69) is 24.5 Å². The first-order chi connectivity index (χ1) is 12.1. The molecule has 1 aromatic heterocycles. The van der Waals surface area contributed by atoms with Crippen molar-refractivity contribution in [3.8, 4) is 5.75 Å². The molecule has 0 radical (unpaired) electrons. The van der Waals surface area contributed by atoms with Crippen molar-refractivity contribution in [1.82, 2.24) is 10.6 Å². The minimum atomic E-state index is -0.307. The van der Waals surface area contributed by atoms with Crippen molar-refractivity contribution >= 4 is 11.8 Å². The van der Waals surface area contributed by atoms with Crippen LogP contribution in [0.5, 0.6) is 5.75 Å². The average molecular weight is 344 g/mol. The van der Waals surface area contributed by atoms with Crippen LogP contribution in [0.3, 0.4) is 0 Å². The topological polar surface area (TPSA) is 80.6 Å². The van der Waals surface area contributed by atoms with E-state index in [0.29, 0.717) is 19.0 Å². The predicted octanol–water partition coefficient (Wildman–Crippen LogP) is 2.72. The summed E-state index contributed by atoms with van der Waals surface area (Å²) >= 11 is 0. The number of carbonyl (C=O) groups is 2. The third kappa shape index (κ3) is 5.67. The first kappa shape index (κ1) is 18.6. The Balaban J connectivity index is 1.70. The molecule has 0 saturated heterocycles. The zero-order chi connectivity index (χ0) is 18.1. The molecule has 0 aliphatic rings. The monoisotopic (exact) mass is 344 g/mol. The van der Waals surface area contributed by atoms with Gasteiger partial charge in [-0.15, -0.1) is 0 Å². The van der Waals surface area contributed by atoms with Gasteiger partial charge in [0.15, 0.2) is 12.4 Å². The minimum Gasteiger partial charge on any atom is -0.483 e. The van der Waals surface area contributed by atoms with Crippen molar-refractivity contribution in [2.45, 2.75) is 26.2 Å². The van der Waals surface area contributed by atoms with E-state index in [1.807, 2.05) is 24.3 Å². The maximum absolute atomic E-state index is 11.9. The molecule has 1 unspecified atom stereocenters. The van der Waals surface area contributed by atoms with Crippen molar-refractivity contribution in [2.75, 3.05) is 19.7 Å². The maximum atomic E-state index is 11.9. The lowest BCUT2D eigenvalue weighted by atomic mass is 9.98. The number of nitrogens with one attached hydrogen (secondary N) is 2. The van der Waals surface area contributed by atoms with Crippen LogP contribution in [0, 0.1) is 0 Å². The number of amides is 2. The zero-order valence-electron chi connectivity index (χ0n) is 14.6. The number of hydrogen-bond donors (Lipinski definition) is 2. The van der Waals surface area contributed by atoms with E-state index in [-0.39, 0.29) is 24.2 Å². The molecule has 0 aliphatic carbocycles. The largest absolute Gasteiger partial charge is 0.483 e. The van der Waals surface area contributed by atoms with Gasteiger partial charge in [-0.3, -0.25) is 9.59 Å². The van der Waals surface area contributed by atoms with Gasteiger partial charge in [0.25, 0.3) is 11.8 Å². The number of carbonyl (C=O) groups excluding carboxylic acids is 2. The number of hydrogen-bond acceptors (Lipinski definition) is 4. The quantitative estimate of drug-likeness (QED) is 0.686. The molecule has 134 valence electrons. The van der Waals surface area contributed by atoms with Gasteiger partial charge in [0.05, 0.1) is 6.26 Å². The highest BCUT2D eigenvalue weighted by atomic mass is 16.5. The lowest BCUT2D eigenvalue weighted by molar-refractivity contribution is -0.123. The van der Waals surface area contributed by atoms with Crippen LogP contribution in [0.1, 0.15) is 42.3 Å². The minimum absolute atomic E-state index is 0.0560. The number of benzene rings is 1. The second-order valence-corrected chi connectivity index (χ2v) is 5.72. The molecule has 1 atom stereocenters. The third-order valence-electron chi connectivity index (χ3n) is 3.90. The fraction of sp³-hybridized carbons (Fsp3) is 0.368. The highest BCUT2D eigenvalue weighted by Crippen LogP contribution is 2.28. The third-order valence-corrected chi connectivity index (χ3v) is 3.90. The number of furan rings is 1. The summed E-state index contributed by atoms with van der Waals surface area (Å²) in [6.07, 6.45) is 2.44. The van der Waals surface area contributed by atoms with Crippen molar-refractivity contribution in [3.05, 3.63) is 54.0 Å². The summed E-state index contributed by atoms with van der Waals surface area (Å²) in [5.74, 6) is 0.815. The molecular weight excluding hydrogens is 320 g/mol. The van der Waals surface area contributed by atoms with Crippen LogP contribution in [0.4, 0.5) is 0 Å². The maximum Gasteiger partial charge on any atom is 0.287 e. The number of para-hydroxylation sites is 1. The van der Waals surface area contributed by atoms with E-state index >= 15 is 0 Å². The summed E-state index contributed by atoms with van der Waals surface area (Å²) in [4.78, 5) is 23.5. The molecule has 25 heavy (non-hydrogen) atoms. The molecule has 6 nitrogen and oxygen atoms in total. The van der Waals surface area contributed by atoms with Gasteiger partial charge in [-0.05, 0) is 36.1 Å². The fourth-order valence-corrected chi connectivity index (χ4v) is 2.31. The second kappa shape index (κ2) is 9.52. The van der Waals surface area contributed by atoms with Crippen molar-refractivity contribution < 1.29 is 18.7 Å². The lowest BCUT2D eigenvalue weighted by Gasteiger charge is -2.15. The predicted molar refractivity (Wildman–Crippen MR) is 94.7 cm³/mol. The molecule has 0 aliphatic heterocycles. The summed E-state index contributed by atoms with van der Waals surface area (Å²) in [5.41, 5.74) is 1.10. The van der Waals surface area contributed by atoms with Crippen LogP contribution in [-0.2, 0) is 4.79 Å². The van der Waals surface area contributed by atoms with E-state index in [1.54, 1.807) is 12.1 Å². The van der Waals surface area contributed by atoms with Gasteiger partial charge in [-0.1, -0.05) is 32.0 Å². The van der Waals surface area contributed by atoms with E-state index in [0.717, 1.165) is 17.7 Å². The van der Waals surface area contributed by atoms with Gasteiger partial charge < -0.3 is 19.8 Å². The lowest BCUT2D eigenvalue weighted by Crippen LogP contribution is -2.36. The SMILES string of the molecule is CCC(C)c1ccccc1OCC(=O)NCCNC(=O)c1ccco1. The Kier molecular flexibility index (Phi) is 7.07. The average Bonchev–Trinajstić information content (AvgIpc) is 3.17. The number of ether oxygens (including phenoxy) is 1. The van der Waals surface area contributed by atoms with Crippen molar-refractivity contribution in [1.29, 1.82) is 0 Å². The van der Waals surface area contributed by atoms with Crippen LogP contribution in [0.25, 0.3) is 0 Å². The molecule has 0 fully saturated rings. The van der Waals surface area contributed by atoms with E-state index in [1.165, 1.54) is 6.26 Å². The molecule has 2 rings (SSSR count). The molecule has 2 amide bonds. The first-order valence-corrected chi connectivity index (χ1v) is 8.42. The highest BCUT2D eigenvalue weighted by molar-refractivity contribution is 5.91. The van der Waals surface area contributed by atoms with E-state index in [4.69, 9.17) is 9.15 Å². The molecular formula is C19H24N2O4. The van der Waals surface area contributed by atoms with Crippen LogP contribution < -0.4 is 15.4 Å². The summed E-state index contributed by atoms with van der Waals surface area (Å²) in [5, 5.41) is 5.36. The fourth-order valence-electron chi connectivity index (χ4n) is 2.31. The Hall–Kier alpha value is -2.76. The molecule has 2 N–H and O–H groups in total. The van der Waals surface area contributed by atoms with E-state index < -0.39 is 0 Å². The van der Waals surface area contributed by atoms with Crippen LogP contribution in [-0.4, -0.2) is 31.5 Å². The highest BCUT2D eigenvalue weighted by Gasteiger charge is 2.11. The summed E-state index contributed by atoms with van der Waals surface area (Å²) in [6, 6.07) is 11.0. The molecule has 0 bridgehead atoms. The molecule has 6 heteroatoms. The van der Waals surface area contributed by atoms with Gasteiger partial charge in [0.1, 0.15) is 5.75 Å². The Morgan fingerprint density at radius 1 is 1.12 bits per heavy atom. The van der Waals surface area contributed by atoms with Crippen LogP contribution >= 0.6 is 0 Å². The Labute approximate surface area is 147 Å². The normalized spacial score (nSPS) is 11.6. The van der Waals surface area contributed by atoms with Crippen molar-refractivity contribution in [3.63, 3.8) is 0 Å². The second-order valence-electron chi connectivity index (χ2n) is 5.72. The zero-order valence-corrected chi connectivity index (χ0v) is 14.6. The smallest absolute Gasteiger partial charge is 0.287 e. The summed E-state index contributed by atoms with van der Waals surface area (Å²) in [6.45, 7) is 4.82. The Morgan fingerprint density at radius 3 is 2.60 bits per heavy atom. The molecule has 0 spiro atoms. The molecule has 1 heterocycles. The Morgan fingerprint density at radius 2 is 1.88 bits per heavy atom. The molecule has 2 aromatic rings. The summed E-state index contributed by atoms with van der Waals surface area (Å²) < 4.78 is 10.6. The first-order valence-electron chi connectivity index (χ1n) is 8.42. The molecule has 1 aromatic carbocycles. The van der Waals surface area contributed by atoms with Gasteiger partial charge in [0, 0.05) is 13.1 Å². The Bertz CT molecular complexity index is 682. The number of rotatable bonds is 9. The van der Waals surface area contributed by atoms with Crippen molar-refractivity contribution in [2.24, 2.45) is 0 Å². The van der Waals surface area contributed by atoms with Gasteiger partial charge >= 0.3 is 0 Å². The van der Waals surface area contributed by atoms with Crippen LogP contribution in [0.2, 0.25) is 0 Å². The molecule has 0 saturated carbocycles. The van der Waals surface area contributed by atoms with Gasteiger partial charge in [-0.2, -0.15) is 0 Å². The van der Waals surface area contributed by atoms with Gasteiger partial charge in [0.2, 0.25) is 0 Å². The van der Waals surface area contributed by atoms with Gasteiger partial charge in [-0.25, -0.2) is 0 Å². The van der Waals surface area contributed by atoms with Crippen LogP contribution in [0.15, 0.2) is 47.1 Å².